The van der Waals surface area contributed by atoms with Crippen LogP contribution in [-0.2, 0) is 6.54 Å². The largest absolute Gasteiger partial charge is 0.315 e. The second-order valence-electron chi connectivity index (χ2n) is 3.97. The Kier molecular flexibility index (Phi) is 2.37. The summed E-state index contributed by atoms with van der Waals surface area (Å²) in [5.41, 5.74) is 2.03. The van der Waals surface area contributed by atoms with E-state index in [4.69, 9.17) is 0 Å². The van der Waals surface area contributed by atoms with Crippen LogP contribution in [0.5, 0.6) is 0 Å². The lowest BCUT2D eigenvalue weighted by Crippen LogP contribution is -2.09. The van der Waals surface area contributed by atoms with Crippen LogP contribution in [-0.4, -0.2) is 26.0 Å². The predicted molar refractivity (Wildman–Crippen MR) is 63.0 cm³/mol. The molecule has 0 bridgehead atoms. The Bertz CT molecular complexity index is 460. The minimum atomic E-state index is 0.800. The van der Waals surface area contributed by atoms with Crippen molar-refractivity contribution in [3.8, 4) is 0 Å². The molecule has 1 atom stereocenters. The third-order valence-electron chi connectivity index (χ3n) is 2.85. The summed E-state index contributed by atoms with van der Waals surface area (Å²) in [6.45, 7) is 1.07. The van der Waals surface area contributed by atoms with Gasteiger partial charge in [-0.2, -0.15) is 11.8 Å². The average molecular weight is 219 g/mol. The average Bonchev–Trinajstić information content (AvgIpc) is 2.89. The number of fused-ring (bicyclic) bond motifs is 1. The molecule has 1 aliphatic heterocycles. The van der Waals surface area contributed by atoms with Gasteiger partial charge in [-0.3, -0.25) is 0 Å². The van der Waals surface area contributed by atoms with Gasteiger partial charge in [0.1, 0.15) is 5.52 Å². The summed E-state index contributed by atoms with van der Waals surface area (Å²) in [6, 6.07) is 3.95. The molecule has 1 aliphatic rings. The van der Waals surface area contributed by atoms with Crippen molar-refractivity contribution in [2.45, 2.75) is 13.0 Å². The maximum absolute atomic E-state index is 4.38. The van der Waals surface area contributed by atoms with Gasteiger partial charge in [-0.1, -0.05) is 0 Å². The van der Waals surface area contributed by atoms with Crippen molar-refractivity contribution in [2.24, 2.45) is 5.92 Å². The second-order valence-corrected chi connectivity index (χ2v) is 5.12. The van der Waals surface area contributed by atoms with Gasteiger partial charge in [-0.25, -0.2) is 9.97 Å². The minimum absolute atomic E-state index is 0.800. The summed E-state index contributed by atoms with van der Waals surface area (Å²) in [5, 5.41) is 0. The molecule has 3 nitrogen and oxygen atoms in total. The molecule has 15 heavy (non-hydrogen) atoms. The number of pyridine rings is 1. The fraction of sp³-hybridized carbons (Fsp3) is 0.455. The minimum Gasteiger partial charge on any atom is -0.315 e. The normalized spacial score (nSPS) is 21.2. The zero-order chi connectivity index (χ0) is 10.1. The summed E-state index contributed by atoms with van der Waals surface area (Å²) in [5.74, 6) is 3.39. The Morgan fingerprint density at radius 3 is 3.33 bits per heavy atom. The maximum atomic E-state index is 4.38. The first kappa shape index (κ1) is 9.21. The van der Waals surface area contributed by atoms with Crippen LogP contribution in [0.15, 0.2) is 24.7 Å². The lowest BCUT2D eigenvalue weighted by molar-refractivity contribution is 0.499. The third-order valence-corrected chi connectivity index (χ3v) is 4.08. The standard InChI is InChI=1S/C11H13N3S/c1-2-10-11(12-4-1)14(8-13-10)6-9-3-5-15-7-9/h1-2,4,8-9H,3,5-7H2. The van der Waals surface area contributed by atoms with Gasteiger partial charge >= 0.3 is 0 Å². The van der Waals surface area contributed by atoms with Gasteiger partial charge in [0.05, 0.1) is 6.33 Å². The Labute approximate surface area is 92.9 Å². The zero-order valence-corrected chi connectivity index (χ0v) is 9.28. The number of hydrogen-bond donors (Lipinski definition) is 0. The number of thioether (sulfide) groups is 1. The van der Waals surface area contributed by atoms with E-state index >= 15 is 0 Å². The third kappa shape index (κ3) is 1.74. The van der Waals surface area contributed by atoms with Crippen LogP contribution >= 0.6 is 11.8 Å². The Morgan fingerprint density at radius 2 is 2.47 bits per heavy atom. The SMILES string of the molecule is c1cnc2c(c1)ncn2CC1CCSC1. The highest BCUT2D eigenvalue weighted by Crippen LogP contribution is 2.25. The van der Waals surface area contributed by atoms with Gasteiger partial charge in [0.25, 0.3) is 0 Å². The van der Waals surface area contributed by atoms with Gasteiger partial charge in [0.2, 0.25) is 0 Å². The quantitative estimate of drug-likeness (QED) is 0.775. The molecule has 1 fully saturated rings. The molecule has 0 spiro atoms. The van der Waals surface area contributed by atoms with Crippen molar-refractivity contribution in [1.82, 2.24) is 14.5 Å². The molecule has 0 aliphatic carbocycles. The fourth-order valence-electron chi connectivity index (χ4n) is 2.04. The van der Waals surface area contributed by atoms with Gasteiger partial charge in [0.15, 0.2) is 5.65 Å². The van der Waals surface area contributed by atoms with Crippen molar-refractivity contribution in [2.75, 3.05) is 11.5 Å². The first-order valence-corrected chi connectivity index (χ1v) is 6.42. The van der Waals surface area contributed by atoms with Crippen LogP contribution < -0.4 is 0 Å². The summed E-state index contributed by atoms with van der Waals surface area (Å²) in [7, 11) is 0. The number of nitrogens with zero attached hydrogens (tertiary/aromatic N) is 3. The summed E-state index contributed by atoms with van der Waals surface area (Å²) < 4.78 is 2.19. The molecular formula is C11H13N3S. The Morgan fingerprint density at radius 1 is 1.47 bits per heavy atom. The van der Waals surface area contributed by atoms with E-state index in [1.54, 1.807) is 0 Å². The van der Waals surface area contributed by atoms with Gasteiger partial charge in [0, 0.05) is 12.7 Å². The Balaban J connectivity index is 1.90. The van der Waals surface area contributed by atoms with E-state index in [9.17, 15) is 0 Å². The van der Waals surface area contributed by atoms with Crippen molar-refractivity contribution >= 4 is 22.9 Å². The first-order chi connectivity index (χ1) is 7.43. The Hall–Kier alpha value is -1.03. The van der Waals surface area contributed by atoms with Crippen LogP contribution in [0.1, 0.15) is 6.42 Å². The summed E-state index contributed by atoms with van der Waals surface area (Å²) in [6.07, 6.45) is 5.09. The molecule has 0 saturated carbocycles. The highest BCUT2D eigenvalue weighted by Gasteiger charge is 2.16. The van der Waals surface area contributed by atoms with E-state index in [2.05, 4.69) is 26.3 Å². The maximum Gasteiger partial charge on any atom is 0.159 e. The fourth-order valence-corrected chi connectivity index (χ4v) is 3.31. The van der Waals surface area contributed by atoms with E-state index < -0.39 is 0 Å². The summed E-state index contributed by atoms with van der Waals surface area (Å²) >= 11 is 2.06. The van der Waals surface area contributed by atoms with Crippen molar-refractivity contribution in [3.05, 3.63) is 24.7 Å². The molecular weight excluding hydrogens is 206 g/mol. The first-order valence-electron chi connectivity index (χ1n) is 5.27. The smallest absolute Gasteiger partial charge is 0.159 e. The molecule has 2 aromatic heterocycles. The van der Waals surface area contributed by atoms with Crippen molar-refractivity contribution in [3.63, 3.8) is 0 Å². The van der Waals surface area contributed by atoms with E-state index in [1.807, 2.05) is 24.7 Å². The molecule has 4 heteroatoms. The second kappa shape index (κ2) is 3.85. The van der Waals surface area contributed by atoms with E-state index in [0.717, 1.165) is 23.6 Å². The topological polar surface area (TPSA) is 30.7 Å². The van der Waals surface area contributed by atoms with E-state index in [1.165, 1.54) is 17.9 Å². The van der Waals surface area contributed by atoms with Gasteiger partial charge in [-0.05, 0) is 36.0 Å². The molecule has 78 valence electrons. The summed E-state index contributed by atoms with van der Waals surface area (Å²) in [4.78, 5) is 8.73. The van der Waals surface area contributed by atoms with Crippen molar-refractivity contribution in [1.29, 1.82) is 0 Å². The highest BCUT2D eigenvalue weighted by atomic mass is 32.2. The lowest BCUT2D eigenvalue weighted by atomic mass is 10.1. The van der Waals surface area contributed by atoms with Crippen LogP contribution in [0.25, 0.3) is 11.2 Å². The van der Waals surface area contributed by atoms with Gasteiger partial charge < -0.3 is 4.57 Å². The van der Waals surface area contributed by atoms with E-state index in [0.29, 0.717) is 0 Å². The molecule has 1 saturated heterocycles. The van der Waals surface area contributed by atoms with Crippen LogP contribution in [0, 0.1) is 5.92 Å². The molecule has 0 aromatic carbocycles. The number of aromatic nitrogens is 3. The van der Waals surface area contributed by atoms with Gasteiger partial charge in [-0.15, -0.1) is 0 Å². The van der Waals surface area contributed by atoms with E-state index in [-0.39, 0.29) is 0 Å². The molecule has 3 heterocycles. The monoisotopic (exact) mass is 219 g/mol. The predicted octanol–water partition coefficient (Wildman–Crippen LogP) is 2.18. The molecule has 1 unspecified atom stereocenters. The lowest BCUT2D eigenvalue weighted by Gasteiger charge is -2.08. The number of rotatable bonds is 2. The van der Waals surface area contributed by atoms with Crippen LogP contribution in [0.3, 0.4) is 0 Å². The van der Waals surface area contributed by atoms with Crippen LogP contribution in [0.2, 0.25) is 0 Å². The van der Waals surface area contributed by atoms with Crippen molar-refractivity contribution < 1.29 is 0 Å². The molecule has 0 radical (unpaired) electrons. The number of imidazole rings is 1. The number of hydrogen-bond acceptors (Lipinski definition) is 3. The zero-order valence-electron chi connectivity index (χ0n) is 8.47. The highest BCUT2D eigenvalue weighted by molar-refractivity contribution is 7.99. The molecule has 3 rings (SSSR count). The molecule has 0 N–H and O–H groups in total. The van der Waals surface area contributed by atoms with Crippen LogP contribution in [0.4, 0.5) is 0 Å². The molecule has 0 amide bonds. The molecule has 2 aromatic rings.